The molecule has 1 unspecified atom stereocenters. The van der Waals surface area contributed by atoms with Crippen LogP contribution in [0.25, 0.3) is 0 Å². The standard InChI is InChI=1S/C21H24N2O6S/c1-13(21(27)23-17-12-15(28-2)7-8-18(17)29-3)30-16-6-4-5-14(11-16)22-19(24)9-10-20(25)26/h4-8,11-13H,9-10H2,1-3H3,(H,22,24)(H,23,27)(H,25,26). The lowest BCUT2D eigenvalue weighted by atomic mass is 10.2. The number of hydrogen-bond acceptors (Lipinski definition) is 6. The van der Waals surface area contributed by atoms with E-state index in [1.807, 2.05) is 6.07 Å². The zero-order valence-electron chi connectivity index (χ0n) is 16.9. The van der Waals surface area contributed by atoms with Crippen LogP contribution in [-0.2, 0) is 14.4 Å². The molecule has 0 aromatic heterocycles. The van der Waals surface area contributed by atoms with Crippen molar-refractivity contribution in [2.75, 3.05) is 24.9 Å². The first-order chi connectivity index (χ1) is 14.3. The highest BCUT2D eigenvalue weighted by Gasteiger charge is 2.17. The summed E-state index contributed by atoms with van der Waals surface area (Å²) in [6.07, 6.45) is -0.334. The molecule has 0 aliphatic carbocycles. The molecule has 3 N–H and O–H groups in total. The molecule has 0 heterocycles. The molecule has 2 aromatic carbocycles. The normalized spacial score (nSPS) is 11.3. The molecular weight excluding hydrogens is 408 g/mol. The molecule has 0 aliphatic heterocycles. The van der Waals surface area contributed by atoms with Crippen LogP contribution in [0.5, 0.6) is 11.5 Å². The third-order valence-corrected chi connectivity index (χ3v) is 5.12. The highest BCUT2D eigenvalue weighted by atomic mass is 32.2. The van der Waals surface area contributed by atoms with E-state index < -0.39 is 11.2 Å². The average Bonchev–Trinajstić information content (AvgIpc) is 2.72. The number of anilines is 2. The van der Waals surface area contributed by atoms with Gasteiger partial charge in [-0.3, -0.25) is 14.4 Å². The van der Waals surface area contributed by atoms with Gasteiger partial charge in [0.15, 0.2) is 0 Å². The minimum atomic E-state index is -1.03. The summed E-state index contributed by atoms with van der Waals surface area (Å²) < 4.78 is 10.5. The third kappa shape index (κ3) is 7.00. The number of rotatable bonds is 10. The van der Waals surface area contributed by atoms with Crippen molar-refractivity contribution in [2.45, 2.75) is 29.9 Å². The van der Waals surface area contributed by atoms with Crippen molar-refractivity contribution in [1.82, 2.24) is 0 Å². The number of carboxylic acid groups (broad SMARTS) is 1. The van der Waals surface area contributed by atoms with Gasteiger partial charge in [-0.15, -0.1) is 11.8 Å². The summed E-state index contributed by atoms with van der Waals surface area (Å²) in [6.45, 7) is 1.77. The van der Waals surface area contributed by atoms with Gasteiger partial charge in [-0.1, -0.05) is 6.07 Å². The van der Waals surface area contributed by atoms with Crippen LogP contribution in [0.15, 0.2) is 47.4 Å². The predicted molar refractivity (Wildman–Crippen MR) is 115 cm³/mol. The van der Waals surface area contributed by atoms with E-state index in [0.29, 0.717) is 22.9 Å². The molecule has 2 amide bonds. The number of methoxy groups -OCH3 is 2. The highest BCUT2D eigenvalue weighted by molar-refractivity contribution is 8.00. The van der Waals surface area contributed by atoms with Crippen LogP contribution in [0.2, 0.25) is 0 Å². The maximum Gasteiger partial charge on any atom is 0.303 e. The summed E-state index contributed by atoms with van der Waals surface area (Å²) >= 11 is 1.32. The maximum absolute atomic E-state index is 12.6. The van der Waals surface area contributed by atoms with E-state index in [0.717, 1.165) is 4.90 Å². The number of nitrogens with one attached hydrogen (secondary N) is 2. The minimum Gasteiger partial charge on any atom is -0.497 e. The zero-order chi connectivity index (χ0) is 22.1. The third-order valence-electron chi connectivity index (χ3n) is 4.03. The zero-order valence-corrected chi connectivity index (χ0v) is 17.7. The Labute approximate surface area is 179 Å². The van der Waals surface area contributed by atoms with E-state index in [1.54, 1.807) is 50.4 Å². The smallest absolute Gasteiger partial charge is 0.303 e. The summed E-state index contributed by atoms with van der Waals surface area (Å²) in [4.78, 5) is 35.8. The second-order valence-electron chi connectivity index (χ2n) is 6.29. The van der Waals surface area contributed by atoms with Crippen LogP contribution in [0, 0.1) is 0 Å². The van der Waals surface area contributed by atoms with Crippen LogP contribution in [0.4, 0.5) is 11.4 Å². The summed E-state index contributed by atoms with van der Waals surface area (Å²) in [6, 6.07) is 12.2. The van der Waals surface area contributed by atoms with Crippen molar-refractivity contribution in [3.8, 4) is 11.5 Å². The Morgan fingerprint density at radius 3 is 2.47 bits per heavy atom. The number of hydrogen-bond donors (Lipinski definition) is 3. The Balaban J connectivity index is 2.00. The molecule has 0 bridgehead atoms. The molecule has 0 aliphatic rings. The van der Waals surface area contributed by atoms with Gasteiger partial charge in [0, 0.05) is 23.1 Å². The fraction of sp³-hybridized carbons (Fsp3) is 0.286. The van der Waals surface area contributed by atoms with Crippen LogP contribution < -0.4 is 20.1 Å². The van der Waals surface area contributed by atoms with Crippen LogP contribution in [0.3, 0.4) is 0 Å². The number of carboxylic acids is 1. The number of carbonyl (C=O) groups is 3. The largest absolute Gasteiger partial charge is 0.497 e. The van der Waals surface area contributed by atoms with Crippen molar-refractivity contribution >= 4 is 40.9 Å². The lowest BCUT2D eigenvalue weighted by Crippen LogP contribution is -2.22. The quantitative estimate of drug-likeness (QED) is 0.491. The van der Waals surface area contributed by atoms with E-state index in [9.17, 15) is 14.4 Å². The molecule has 0 fully saturated rings. The topological polar surface area (TPSA) is 114 Å². The number of aliphatic carboxylic acids is 1. The Bertz CT molecular complexity index is 918. The van der Waals surface area contributed by atoms with Gasteiger partial charge in [0.05, 0.1) is 31.6 Å². The fourth-order valence-corrected chi connectivity index (χ4v) is 3.42. The van der Waals surface area contributed by atoms with E-state index in [-0.39, 0.29) is 24.7 Å². The molecule has 30 heavy (non-hydrogen) atoms. The molecule has 160 valence electrons. The van der Waals surface area contributed by atoms with Crippen molar-refractivity contribution in [3.63, 3.8) is 0 Å². The molecule has 9 heteroatoms. The Kier molecular flexibility index (Phi) is 8.54. The van der Waals surface area contributed by atoms with Crippen molar-refractivity contribution < 1.29 is 29.0 Å². The summed E-state index contributed by atoms with van der Waals surface area (Å²) in [7, 11) is 3.06. The van der Waals surface area contributed by atoms with Crippen molar-refractivity contribution in [2.24, 2.45) is 0 Å². The van der Waals surface area contributed by atoms with Crippen LogP contribution >= 0.6 is 11.8 Å². The molecule has 0 saturated carbocycles. The van der Waals surface area contributed by atoms with Crippen LogP contribution in [-0.4, -0.2) is 42.4 Å². The Hall–Kier alpha value is -3.20. The molecule has 0 radical (unpaired) electrons. The molecular formula is C21H24N2O6S. The molecule has 8 nitrogen and oxygen atoms in total. The molecule has 0 spiro atoms. The predicted octanol–water partition coefficient (Wildman–Crippen LogP) is 3.63. The fourth-order valence-electron chi connectivity index (χ4n) is 2.49. The maximum atomic E-state index is 12.6. The summed E-state index contributed by atoms with van der Waals surface area (Å²) in [5, 5.41) is 13.7. The lowest BCUT2D eigenvalue weighted by molar-refractivity contribution is -0.138. The minimum absolute atomic E-state index is 0.103. The summed E-state index contributed by atoms with van der Waals surface area (Å²) in [5.74, 6) is -0.509. The number of amides is 2. The Morgan fingerprint density at radius 2 is 1.80 bits per heavy atom. The monoisotopic (exact) mass is 432 g/mol. The average molecular weight is 432 g/mol. The van der Waals surface area contributed by atoms with E-state index in [2.05, 4.69) is 10.6 Å². The van der Waals surface area contributed by atoms with Gasteiger partial charge in [0.1, 0.15) is 11.5 Å². The van der Waals surface area contributed by atoms with E-state index in [1.165, 1.54) is 18.9 Å². The molecule has 2 rings (SSSR count). The first-order valence-corrected chi connectivity index (χ1v) is 10.0. The van der Waals surface area contributed by atoms with E-state index >= 15 is 0 Å². The molecule has 2 aromatic rings. The highest BCUT2D eigenvalue weighted by Crippen LogP contribution is 2.31. The lowest BCUT2D eigenvalue weighted by Gasteiger charge is -2.15. The number of carbonyl (C=O) groups excluding carboxylic acids is 2. The van der Waals surface area contributed by atoms with Gasteiger partial charge < -0.3 is 25.2 Å². The Morgan fingerprint density at radius 1 is 1.03 bits per heavy atom. The first kappa shape index (κ1) is 23.1. The van der Waals surface area contributed by atoms with Gasteiger partial charge in [-0.05, 0) is 37.3 Å². The van der Waals surface area contributed by atoms with Crippen molar-refractivity contribution in [3.05, 3.63) is 42.5 Å². The molecule has 0 saturated heterocycles. The first-order valence-electron chi connectivity index (χ1n) is 9.13. The van der Waals surface area contributed by atoms with Gasteiger partial charge in [-0.25, -0.2) is 0 Å². The number of ether oxygens (including phenoxy) is 2. The second-order valence-corrected chi connectivity index (χ2v) is 7.70. The SMILES string of the molecule is COc1ccc(OC)c(NC(=O)C(C)Sc2cccc(NC(=O)CCC(=O)O)c2)c1. The van der Waals surface area contributed by atoms with Crippen molar-refractivity contribution in [1.29, 1.82) is 0 Å². The van der Waals surface area contributed by atoms with Gasteiger partial charge in [-0.2, -0.15) is 0 Å². The van der Waals surface area contributed by atoms with Gasteiger partial charge >= 0.3 is 5.97 Å². The van der Waals surface area contributed by atoms with Gasteiger partial charge in [0.25, 0.3) is 0 Å². The van der Waals surface area contributed by atoms with Gasteiger partial charge in [0.2, 0.25) is 11.8 Å². The van der Waals surface area contributed by atoms with Crippen LogP contribution in [0.1, 0.15) is 19.8 Å². The number of thioether (sulfide) groups is 1. The summed E-state index contributed by atoms with van der Waals surface area (Å²) in [5.41, 5.74) is 1.05. The number of benzene rings is 2. The molecule has 1 atom stereocenters. The van der Waals surface area contributed by atoms with E-state index in [4.69, 9.17) is 14.6 Å². The second kappa shape index (κ2) is 11.1.